The van der Waals surface area contributed by atoms with Gasteiger partial charge in [0.25, 0.3) is 0 Å². The highest BCUT2D eigenvalue weighted by atomic mass is 16.5. The quantitative estimate of drug-likeness (QED) is 0.520. The van der Waals surface area contributed by atoms with Crippen LogP contribution in [0.15, 0.2) is 12.2 Å². The molecule has 0 unspecified atom stereocenters. The van der Waals surface area contributed by atoms with Crippen LogP contribution in [-0.4, -0.2) is 24.3 Å². The minimum Gasteiger partial charge on any atom is -0.481 e. The minimum atomic E-state index is -0.663. The number of aliphatic carboxylic acids is 1. The van der Waals surface area contributed by atoms with Crippen LogP contribution in [0.5, 0.6) is 0 Å². The van der Waals surface area contributed by atoms with E-state index in [1.165, 1.54) is 32.1 Å². The Kier molecular flexibility index (Phi) is 12.6. The van der Waals surface area contributed by atoms with Crippen molar-refractivity contribution in [2.24, 2.45) is 0 Å². The standard InChI is InChI=1S/C10H20O2.C4H6O/c1-2-3-4-5-6-7-8-9-10(11)12;1-2-4-5-3-1/h2-9H2,1H3,(H,11,12);1-2H,3-4H2. The van der Waals surface area contributed by atoms with Gasteiger partial charge in [0.1, 0.15) is 0 Å². The van der Waals surface area contributed by atoms with Crippen molar-refractivity contribution in [3.63, 3.8) is 0 Å². The Labute approximate surface area is 105 Å². The zero-order valence-corrected chi connectivity index (χ0v) is 11.0. The Morgan fingerprint density at radius 1 is 1.06 bits per heavy atom. The zero-order chi connectivity index (χ0) is 12.8. The molecule has 1 N–H and O–H groups in total. The first-order valence-corrected chi connectivity index (χ1v) is 6.72. The molecule has 0 aliphatic carbocycles. The Hall–Kier alpha value is -0.830. The van der Waals surface area contributed by atoms with Gasteiger partial charge in [-0.1, -0.05) is 57.6 Å². The number of hydrogen-bond acceptors (Lipinski definition) is 2. The molecule has 1 aliphatic rings. The summed E-state index contributed by atoms with van der Waals surface area (Å²) < 4.78 is 4.83. The third-order valence-electron chi connectivity index (χ3n) is 2.59. The van der Waals surface area contributed by atoms with Crippen LogP contribution in [0.25, 0.3) is 0 Å². The highest BCUT2D eigenvalue weighted by molar-refractivity contribution is 5.66. The van der Waals surface area contributed by atoms with Crippen LogP contribution in [0.4, 0.5) is 0 Å². The van der Waals surface area contributed by atoms with Gasteiger partial charge in [0.05, 0.1) is 13.2 Å². The molecule has 0 aromatic heterocycles. The third-order valence-corrected chi connectivity index (χ3v) is 2.59. The molecule has 0 fully saturated rings. The molecule has 0 aromatic rings. The van der Waals surface area contributed by atoms with Crippen molar-refractivity contribution in [2.45, 2.75) is 58.3 Å². The second-order valence-corrected chi connectivity index (χ2v) is 4.27. The SMILES string of the molecule is C1=CCOC1.CCCCCCCCCC(=O)O. The largest absolute Gasteiger partial charge is 0.481 e. The number of unbranched alkanes of at least 4 members (excludes halogenated alkanes) is 6. The monoisotopic (exact) mass is 242 g/mol. The molecule has 0 amide bonds. The lowest BCUT2D eigenvalue weighted by Gasteiger charge is -1.98. The fourth-order valence-corrected chi connectivity index (χ4v) is 1.57. The van der Waals surface area contributed by atoms with Crippen LogP contribution in [0.2, 0.25) is 0 Å². The van der Waals surface area contributed by atoms with Gasteiger partial charge in [0, 0.05) is 6.42 Å². The van der Waals surface area contributed by atoms with Gasteiger partial charge < -0.3 is 9.84 Å². The lowest BCUT2D eigenvalue weighted by Crippen LogP contribution is -1.93. The van der Waals surface area contributed by atoms with Crippen LogP contribution < -0.4 is 0 Å². The van der Waals surface area contributed by atoms with E-state index in [1.54, 1.807) is 0 Å². The predicted octanol–water partition coefficient (Wildman–Crippen LogP) is 3.78. The summed E-state index contributed by atoms with van der Waals surface area (Å²) in [7, 11) is 0. The zero-order valence-electron chi connectivity index (χ0n) is 11.0. The van der Waals surface area contributed by atoms with E-state index in [0.29, 0.717) is 6.42 Å². The van der Waals surface area contributed by atoms with Gasteiger partial charge in [0.15, 0.2) is 0 Å². The van der Waals surface area contributed by atoms with E-state index in [4.69, 9.17) is 9.84 Å². The molecule has 3 nitrogen and oxygen atoms in total. The second-order valence-electron chi connectivity index (χ2n) is 4.27. The number of carboxylic acid groups (broad SMARTS) is 1. The molecular weight excluding hydrogens is 216 g/mol. The fraction of sp³-hybridized carbons (Fsp3) is 0.786. The summed E-state index contributed by atoms with van der Waals surface area (Å²) >= 11 is 0. The number of hydrogen-bond donors (Lipinski definition) is 1. The third kappa shape index (κ3) is 15.2. The molecular formula is C14H26O3. The molecule has 3 heteroatoms. The normalized spacial score (nSPS) is 13.2. The molecule has 1 aliphatic heterocycles. The van der Waals surface area contributed by atoms with Crippen molar-refractivity contribution in [1.82, 2.24) is 0 Å². The van der Waals surface area contributed by atoms with E-state index in [9.17, 15) is 4.79 Å². The topological polar surface area (TPSA) is 46.5 Å². The molecule has 0 radical (unpaired) electrons. The first-order valence-electron chi connectivity index (χ1n) is 6.72. The predicted molar refractivity (Wildman–Crippen MR) is 70.2 cm³/mol. The van der Waals surface area contributed by atoms with Crippen LogP contribution in [0, 0.1) is 0 Å². The first kappa shape index (κ1) is 16.2. The average Bonchev–Trinajstić information content (AvgIpc) is 2.86. The Morgan fingerprint density at radius 2 is 1.59 bits per heavy atom. The van der Waals surface area contributed by atoms with Gasteiger partial charge in [-0.3, -0.25) is 4.79 Å². The van der Waals surface area contributed by atoms with Gasteiger partial charge in [0.2, 0.25) is 0 Å². The smallest absolute Gasteiger partial charge is 0.303 e. The molecule has 1 rings (SSSR count). The number of rotatable bonds is 8. The molecule has 1 heterocycles. The Balaban J connectivity index is 0.000000419. The van der Waals surface area contributed by atoms with Crippen molar-refractivity contribution >= 4 is 5.97 Å². The second kappa shape index (κ2) is 13.2. The molecule has 0 atom stereocenters. The van der Waals surface area contributed by atoms with Crippen LogP contribution in [0.1, 0.15) is 58.3 Å². The molecule has 0 spiro atoms. The van der Waals surface area contributed by atoms with E-state index in [1.807, 2.05) is 12.2 Å². The summed E-state index contributed by atoms with van der Waals surface area (Å²) in [4.78, 5) is 10.1. The highest BCUT2D eigenvalue weighted by Gasteiger charge is 1.95. The molecule has 17 heavy (non-hydrogen) atoms. The lowest BCUT2D eigenvalue weighted by atomic mass is 10.1. The molecule has 0 bridgehead atoms. The van der Waals surface area contributed by atoms with E-state index in [0.717, 1.165) is 26.1 Å². The fourth-order valence-electron chi connectivity index (χ4n) is 1.57. The Bertz CT molecular complexity index is 194. The number of ether oxygens (including phenoxy) is 1. The summed E-state index contributed by atoms with van der Waals surface area (Å²) in [5.41, 5.74) is 0. The van der Waals surface area contributed by atoms with Gasteiger partial charge in [-0.25, -0.2) is 0 Å². The van der Waals surface area contributed by atoms with Gasteiger partial charge >= 0.3 is 5.97 Å². The van der Waals surface area contributed by atoms with E-state index in [-0.39, 0.29) is 0 Å². The molecule has 100 valence electrons. The van der Waals surface area contributed by atoms with Gasteiger partial charge in [-0.2, -0.15) is 0 Å². The van der Waals surface area contributed by atoms with Crippen molar-refractivity contribution in [2.75, 3.05) is 13.2 Å². The van der Waals surface area contributed by atoms with E-state index < -0.39 is 5.97 Å². The van der Waals surface area contributed by atoms with Crippen molar-refractivity contribution in [1.29, 1.82) is 0 Å². The molecule has 0 saturated heterocycles. The van der Waals surface area contributed by atoms with Gasteiger partial charge in [-0.05, 0) is 6.42 Å². The summed E-state index contributed by atoms with van der Waals surface area (Å²) in [6, 6.07) is 0. The lowest BCUT2D eigenvalue weighted by molar-refractivity contribution is -0.137. The molecule has 0 saturated carbocycles. The maximum Gasteiger partial charge on any atom is 0.303 e. The average molecular weight is 242 g/mol. The summed E-state index contributed by atoms with van der Waals surface area (Å²) in [5, 5.41) is 8.35. The Morgan fingerprint density at radius 3 is 2.00 bits per heavy atom. The van der Waals surface area contributed by atoms with Crippen molar-refractivity contribution < 1.29 is 14.6 Å². The first-order chi connectivity index (χ1) is 8.27. The van der Waals surface area contributed by atoms with Gasteiger partial charge in [-0.15, -0.1) is 0 Å². The number of carbonyl (C=O) groups is 1. The highest BCUT2D eigenvalue weighted by Crippen LogP contribution is 2.07. The van der Waals surface area contributed by atoms with Crippen LogP contribution in [0.3, 0.4) is 0 Å². The van der Waals surface area contributed by atoms with Crippen LogP contribution in [-0.2, 0) is 9.53 Å². The summed E-state index contributed by atoms with van der Waals surface area (Å²) in [6.45, 7) is 3.84. The van der Waals surface area contributed by atoms with E-state index >= 15 is 0 Å². The maximum absolute atomic E-state index is 10.1. The maximum atomic E-state index is 10.1. The minimum absolute atomic E-state index is 0.341. The molecule has 0 aromatic carbocycles. The van der Waals surface area contributed by atoms with E-state index in [2.05, 4.69) is 6.92 Å². The summed E-state index contributed by atoms with van der Waals surface area (Å²) in [5.74, 6) is -0.663. The van der Waals surface area contributed by atoms with Crippen LogP contribution >= 0.6 is 0 Å². The van der Waals surface area contributed by atoms with Crippen molar-refractivity contribution in [3.05, 3.63) is 12.2 Å². The number of carboxylic acids is 1. The summed E-state index contributed by atoms with van der Waals surface area (Å²) in [6.07, 6.45) is 12.7. The van der Waals surface area contributed by atoms with Crippen molar-refractivity contribution in [3.8, 4) is 0 Å².